The quantitative estimate of drug-likeness (QED) is 0.343. The van der Waals surface area contributed by atoms with Gasteiger partial charge in [-0.25, -0.2) is 0 Å². The summed E-state index contributed by atoms with van der Waals surface area (Å²) in [5, 5.41) is 8.30. The van der Waals surface area contributed by atoms with Crippen molar-refractivity contribution in [3.63, 3.8) is 0 Å². The standard InChI is InChI=1S/C24H25N3O3S2/c1-28-18-14-16-9-11-27(23(20-6-4-12-31-20)17(16)15-19(18)29-2)10-3-8-22-25-24(26-30-22)21-7-5-13-32-21/h4-7,12-15,23H,3,8-11H2,1-2H3. The van der Waals surface area contributed by atoms with Gasteiger partial charge in [0.05, 0.1) is 25.1 Å². The van der Waals surface area contributed by atoms with Crippen LogP contribution >= 0.6 is 22.7 Å². The van der Waals surface area contributed by atoms with Gasteiger partial charge in [-0.2, -0.15) is 4.98 Å². The van der Waals surface area contributed by atoms with E-state index in [1.165, 1.54) is 16.0 Å². The van der Waals surface area contributed by atoms with E-state index in [-0.39, 0.29) is 6.04 Å². The lowest BCUT2D eigenvalue weighted by atomic mass is 9.90. The molecule has 6 nitrogen and oxygen atoms in total. The number of fused-ring (bicyclic) bond motifs is 1. The molecule has 1 unspecified atom stereocenters. The van der Waals surface area contributed by atoms with Crippen LogP contribution in [0.2, 0.25) is 0 Å². The van der Waals surface area contributed by atoms with Crippen LogP contribution in [-0.2, 0) is 12.8 Å². The van der Waals surface area contributed by atoms with Crippen molar-refractivity contribution in [2.24, 2.45) is 0 Å². The van der Waals surface area contributed by atoms with Gasteiger partial charge in [-0.05, 0) is 65.5 Å². The first kappa shape index (κ1) is 21.2. The molecule has 8 heteroatoms. The highest BCUT2D eigenvalue weighted by Crippen LogP contribution is 2.42. The van der Waals surface area contributed by atoms with E-state index in [0.717, 1.165) is 48.7 Å². The van der Waals surface area contributed by atoms with Crippen LogP contribution in [0.25, 0.3) is 10.7 Å². The highest BCUT2D eigenvalue weighted by Gasteiger charge is 2.30. The first-order chi connectivity index (χ1) is 15.8. The fraction of sp³-hybridized carbons (Fsp3) is 0.333. The third-order valence-electron chi connectivity index (χ3n) is 5.83. The van der Waals surface area contributed by atoms with Crippen molar-refractivity contribution in [3.05, 3.63) is 69.1 Å². The largest absolute Gasteiger partial charge is 0.493 e. The molecule has 1 atom stereocenters. The van der Waals surface area contributed by atoms with Gasteiger partial charge in [0.2, 0.25) is 11.7 Å². The van der Waals surface area contributed by atoms with E-state index >= 15 is 0 Å². The van der Waals surface area contributed by atoms with Gasteiger partial charge >= 0.3 is 0 Å². The molecular weight excluding hydrogens is 442 g/mol. The molecule has 0 bridgehead atoms. The normalized spacial score (nSPS) is 16.1. The summed E-state index contributed by atoms with van der Waals surface area (Å²) >= 11 is 3.42. The van der Waals surface area contributed by atoms with Crippen LogP contribution in [0.4, 0.5) is 0 Å². The Hall–Kier alpha value is -2.68. The third kappa shape index (κ3) is 4.18. The molecule has 0 spiro atoms. The number of ether oxygens (including phenoxy) is 2. The number of rotatable bonds is 8. The van der Waals surface area contributed by atoms with Gasteiger partial charge in [0.1, 0.15) is 0 Å². The molecule has 4 aromatic rings. The summed E-state index contributed by atoms with van der Waals surface area (Å²) in [4.78, 5) is 9.50. The highest BCUT2D eigenvalue weighted by molar-refractivity contribution is 7.13. The molecule has 0 radical (unpaired) electrons. The fourth-order valence-electron chi connectivity index (χ4n) is 4.31. The Morgan fingerprint density at radius 1 is 1.09 bits per heavy atom. The number of thiophene rings is 2. The molecule has 0 saturated carbocycles. The minimum atomic E-state index is 0.211. The Balaban J connectivity index is 1.34. The lowest BCUT2D eigenvalue weighted by Gasteiger charge is -2.37. The second-order valence-electron chi connectivity index (χ2n) is 7.70. The van der Waals surface area contributed by atoms with E-state index in [9.17, 15) is 0 Å². The molecule has 5 rings (SSSR count). The van der Waals surface area contributed by atoms with Crippen LogP contribution in [0.3, 0.4) is 0 Å². The average Bonchev–Trinajstić information content (AvgIpc) is 3.60. The van der Waals surface area contributed by atoms with Crippen LogP contribution in [0.5, 0.6) is 11.5 Å². The van der Waals surface area contributed by atoms with Crippen LogP contribution in [0.15, 0.2) is 51.7 Å². The van der Waals surface area contributed by atoms with Crippen molar-refractivity contribution in [1.29, 1.82) is 0 Å². The molecular formula is C24H25N3O3S2. The van der Waals surface area contributed by atoms with Crippen molar-refractivity contribution in [2.75, 3.05) is 27.3 Å². The number of nitrogens with zero attached hydrogens (tertiary/aromatic N) is 3. The molecule has 1 aliphatic heterocycles. The third-order valence-corrected chi connectivity index (χ3v) is 7.62. The van der Waals surface area contributed by atoms with E-state index in [1.54, 1.807) is 36.9 Å². The van der Waals surface area contributed by atoms with Crippen molar-refractivity contribution in [1.82, 2.24) is 15.0 Å². The predicted molar refractivity (Wildman–Crippen MR) is 127 cm³/mol. The van der Waals surface area contributed by atoms with Gasteiger partial charge in [-0.3, -0.25) is 4.90 Å². The van der Waals surface area contributed by atoms with E-state index < -0.39 is 0 Å². The molecule has 4 heterocycles. The maximum atomic E-state index is 5.61. The fourth-order valence-corrected chi connectivity index (χ4v) is 5.84. The summed E-state index contributed by atoms with van der Waals surface area (Å²) in [6, 6.07) is 12.9. The van der Waals surface area contributed by atoms with Gasteiger partial charge in [-0.15, -0.1) is 22.7 Å². The molecule has 0 N–H and O–H groups in total. The summed E-state index contributed by atoms with van der Waals surface area (Å²) in [5.41, 5.74) is 2.63. The van der Waals surface area contributed by atoms with Crippen molar-refractivity contribution in [2.45, 2.75) is 25.3 Å². The van der Waals surface area contributed by atoms with Gasteiger partial charge in [0.15, 0.2) is 11.5 Å². The van der Waals surface area contributed by atoms with Crippen molar-refractivity contribution < 1.29 is 14.0 Å². The Labute approximate surface area is 195 Å². The molecule has 0 aliphatic carbocycles. The maximum absolute atomic E-state index is 5.61. The number of hydrogen-bond donors (Lipinski definition) is 0. The second kappa shape index (κ2) is 9.44. The zero-order valence-corrected chi connectivity index (χ0v) is 19.7. The lowest BCUT2D eigenvalue weighted by molar-refractivity contribution is 0.210. The molecule has 1 aromatic carbocycles. The minimum absolute atomic E-state index is 0.211. The summed E-state index contributed by atoms with van der Waals surface area (Å²) in [5.74, 6) is 2.95. The number of aromatic nitrogens is 2. The Bertz CT molecular complexity index is 1160. The number of hydrogen-bond acceptors (Lipinski definition) is 8. The van der Waals surface area contributed by atoms with Crippen molar-refractivity contribution >= 4 is 22.7 Å². The van der Waals surface area contributed by atoms with Gasteiger partial charge in [0.25, 0.3) is 0 Å². The van der Waals surface area contributed by atoms with Gasteiger partial charge in [0, 0.05) is 17.8 Å². The number of benzene rings is 1. The van der Waals surface area contributed by atoms with Crippen LogP contribution in [-0.4, -0.2) is 42.3 Å². The van der Waals surface area contributed by atoms with Gasteiger partial charge in [-0.1, -0.05) is 17.3 Å². The number of aryl methyl sites for hydroxylation is 1. The van der Waals surface area contributed by atoms with Gasteiger partial charge < -0.3 is 14.0 Å². The van der Waals surface area contributed by atoms with E-state index in [4.69, 9.17) is 14.0 Å². The van der Waals surface area contributed by atoms with E-state index in [1.807, 2.05) is 17.5 Å². The Kier molecular flexibility index (Phi) is 6.25. The molecule has 166 valence electrons. The Morgan fingerprint density at radius 3 is 2.66 bits per heavy atom. The molecule has 0 fully saturated rings. The molecule has 32 heavy (non-hydrogen) atoms. The predicted octanol–water partition coefficient (Wildman–Crippen LogP) is 5.46. The second-order valence-corrected chi connectivity index (χ2v) is 9.63. The molecule has 3 aromatic heterocycles. The van der Waals surface area contributed by atoms with Crippen LogP contribution < -0.4 is 9.47 Å². The first-order valence-electron chi connectivity index (χ1n) is 10.7. The smallest absolute Gasteiger partial charge is 0.227 e. The maximum Gasteiger partial charge on any atom is 0.227 e. The lowest BCUT2D eigenvalue weighted by Crippen LogP contribution is -2.36. The zero-order chi connectivity index (χ0) is 21.9. The van der Waals surface area contributed by atoms with Crippen LogP contribution in [0.1, 0.15) is 34.4 Å². The summed E-state index contributed by atoms with van der Waals surface area (Å²) in [7, 11) is 3.39. The Morgan fingerprint density at radius 2 is 1.91 bits per heavy atom. The van der Waals surface area contributed by atoms with E-state index in [2.05, 4.69) is 44.7 Å². The SMILES string of the molecule is COc1cc2c(cc1OC)C(c1cccs1)N(CCCc1nc(-c3cccs3)no1)CC2. The highest BCUT2D eigenvalue weighted by atomic mass is 32.1. The topological polar surface area (TPSA) is 60.6 Å². The summed E-state index contributed by atoms with van der Waals surface area (Å²) in [6.07, 6.45) is 2.71. The van der Waals surface area contributed by atoms with Crippen LogP contribution in [0, 0.1) is 0 Å². The summed E-state index contributed by atoms with van der Waals surface area (Å²) in [6.45, 7) is 1.95. The average molecular weight is 468 g/mol. The molecule has 1 aliphatic rings. The molecule has 0 saturated heterocycles. The summed E-state index contributed by atoms with van der Waals surface area (Å²) < 4.78 is 16.6. The number of methoxy groups -OCH3 is 2. The minimum Gasteiger partial charge on any atom is -0.493 e. The monoisotopic (exact) mass is 467 g/mol. The van der Waals surface area contributed by atoms with E-state index in [0.29, 0.717) is 11.7 Å². The molecule has 0 amide bonds. The van der Waals surface area contributed by atoms with Crippen molar-refractivity contribution in [3.8, 4) is 22.2 Å². The zero-order valence-electron chi connectivity index (χ0n) is 18.1. The first-order valence-corrected chi connectivity index (χ1v) is 12.4.